The summed E-state index contributed by atoms with van der Waals surface area (Å²) < 4.78 is 59.7. The van der Waals surface area contributed by atoms with E-state index in [2.05, 4.69) is 10.3 Å². The van der Waals surface area contributed by atoms with E-state index in [1.165, 1.54) is 18.2 Å². The van der Waals surface area contributed by atoms with Gasteiger partial charge in [-0.25, -0.2) is 4.39 Å². The summed E-state index contributed by atoms with van der Waals surface area (Å²) in [5, 5.41) is 12.4. The van der Waals surface area contributed by atoms with E-state index in [4.69, 9.17) is 10.00 Å². The highest BCUT2D eigenvalue weighted by Crippen LogP contribution is 2.39. The van der Waals surface area contributed by atoms with Crippen molar-refractivity contribution in [2.45, 2.75) is 12.6 Å². The van der Waals surface area contributed by atoms with E-state index < -0.39 is 35.0 Å². The molecule has 0 fully saturated rings. The molecule has 1 aliphatic heterocycles. The van der Waals surface area contributed by atoms with Crippen LogP contribution in [0.1, 0.15) is 23.1 Å². The van der Waals surface area contributed by atoms with E-state index in [0.29, 0.717) is 23.3 Å². The SMILES string of the molecule is CN(C)CCCNC1=NC(=O)C(=Cc2ccc(Oc3ccc(C#N)cc3C(F)(F)F)c(F)c2)S1. The van der Waals surface area contributed by atoms with Crippen LogP contribution in [0.5, 0.6) is 11.5 Å². The predicted molar refractivity (Wildman–Crippen MR) is 122 cm³/mol. The summed E-state index contributed by atoms with van der Waals surface area (Å²) in [4.78, 5) is 18.4. The number of benzene rings is 2. The maximum atomic E-state index is 14.6. The maximum Gasteiger partial charge on any atom is 0.420 e. The normalized spacial score (nSPS) is 14.9. The third kappa shape index (κ3) is 6.59. The van der Waals surface area contributed by atoms with Gasteiger partial charge in [0.15, 0.2) is 16.7 Å². The third-order valence-corrected chi connectivity index (χ3v) is 5.51. The summed E-state index contributed by atoms with van der Waals surface area (Å²) in [5.74, 6) is -2.43. The van der Waals surface area contributed by atoms with E-state index in [-0.39, 0.29) is 10.5 Å². The van der Waals surface area contributed by atoms with E-state index in [1.54, 1.807) is 6.07 Å². The number of hydrogen-bond acceptors (Lipinski definition) is 6. The lowest BCUT2D eigenvalue weighted by Crippen LogP contribution is -2.24. The fourth-order valence-electron chi connectivity index (χ4n) is 2.94. The van der Waals surface area contributed by atoms with E-state index >= 15 is 0 Å². The first kappa shape index (κ1) is 25.3. The van der Waals surface area contributed by atoms with Gasteiger partial charge in [0.1, 0.15) is 5.75 Å². The zero-order valence-electron chi connectivity index (χ0n) is 18.2. The highest BCUT2D eigenvalue weighted by molar-refractivity contribution is 8.18. The Morgan fingerprint density at radius 2 is 1.94 bits per heavy atom. The second-order valence-electron chi connectivity index (χ2n) is 7.53. The van der Waals surface area contributed by atoms with Crippen LogP contribution < -0.4 is 10.1 Å². The molecule has 0 saturated carbocycles. The van der Waals surface area contributed by atoms with E-state index in [1.807, 2.05) is 19.0 Å². The molecular formula is C23H20F4N4O2S. The van der Waals surface area contributed by atoms with Crippen molar-refractivity contribution in [1.29, 1.82) is 5.26 Å². The van der Waals surface area contributed by atoms with Crippen molar-refractivity contribution in [3.05, 3.63) is 63.8 Å². The summed E-state index contributed by atoms with van der Waals surface area (Å²) in [6, 6.07) is 8.02. The lowest BCUT2D eigenvalue weighted by Gasteiger charge is -2.14. The molecule has 0 aliphatic carbocycles. The number of nitrogens with zero attached hydrogens (tertiary/aromatic N) is 3. The standard InChI is InChI=1S/C23H20F4N4O2S/c1-31(2)9-3-8-29-22-30-21(32)20(34-22)12-14-4-7-19(17(24)11-14)33-18-6-5-15(13-28)10-16(18)23(25,26)27/h4-7,10-12H,3,8-9H2,1-2H3,(H,29,30,32). The largest absolute Gasteiger partial charge is 0.454 e. The van der Waals surface area contributed by atoms with Crippen LogP contribution in [-0.2, 0) is 11.0 Å². The topological polar surface area (TPSA) is 77.7 Å². The van der Waals surface area contributed by atoms with Gasteiger partial charge < -0.3 is 15.0 Å². The summed E-state index contributed by atoms with van der Waals surface area (Å²) in [5.41, 5.74) is -1.07. The molecule has 11 heteroatoms. The number of amidine groups is 1. The maximum absolute atomic E-state index is 14.6. The van der Waals surface area contributed by atoms with Gasteiger partial charge in [-0.3, -0.25) is 4.79 Å². The van der Waals surface area contributed by atoms with Crippen molar-refractivity contribution in [3.8, 4) is 17.6 Å². The molecule has 3 rings (SSSR count). The highest BCUT2D eigenvalue weighted by atomic mass is 32.2. The van der Waals surface area contributed by atoms with Crippen molar-refractivity contribution in [1.82, 2.24) is 10.2 Å². The van der Waals surface area contributed by atoms with Gasteiger partial charge in [0.25, 0.3) is 5.91 Å². The number of alkyl halides is 3. The smallest absolute Gasteiger partial charge is 0.420 e. The van der Waals surface area contributed by atoms with Crippen LogP contribution in [0.15, 0.2) is 46.3 Å². The molecule has 2 aromatic rings. The molecular weight excluding hydrogens is 472 g/mol. The number of halogens is 4. The Kier molecular flexibility index (Phi) is 7.96. The first-order valence-electron chi connectivity index (χ1n) is 10.1. The fraction of sp³-hybridized carbons (Fsp3) is 0.261. The molecule has 6 nitrogen and oxygen atoms in total. The van der Waals surface area contributed by atoms with Crippen LogP contribution in [0.25, 0.3) is 6.08 Å². The number of aliphatic imine (C=N–C) groups is 1. The average molecular weight is 492 g/mol. The molecule has 0 unspecified atom stereocenters. The van der Waals surface area contributed by atoms with Crippen LogP contribution in [0.4, 0.5) is 17.6 Å². The van der Waals surface area contributed by atoms with Crippen molar-refractivity contribution in [2.24, 2.45) is 4.99 Å². The Labute approximate surface area is 197 Å². The number of carbonyl (C=O) groups is 1. The van der Waals surface area contributed by atoms with Gasteiger partial charge in [0.05, 0.1) is 22.1 Å². The Hall–Kier alpha value is -3.36. The number of rotatable bonds is 7. The number of thioether (sulfide) groups is 1. The molecule has 0 radical (unpaired) electrons. The molecule has 0 aromatic heterocycles. The van der Waals surface area contributed by atoms with Crippen LogP contribution in [0.2, 0.25) is 0 Å². The minimum atomic E-state index is -4.79. The minimum absolute atomic E-state index is 0.199. The summed E-state index contributed by atoms with van der Waals surface area (Å²) in [6.07, 6.45) is -2.48. The van der Waals surface area contributed by atoms with Crippen LogP contribution in [0.3, 0.4) is 0 Å². The summed E-state index contributed by atoms with van der Waals surface area (Å²) in [7, 11) is 3.92. The fourth-order valence-corrected chi connectivity index (χ4v) is 3.78. The zero-order chi connectivity index (χ0) is 24.9. The monoisotopic (exact) mass is 492 g/mol. The van der Waals surface area contributed by atoms with Gasteiger partial charge >= 0.3 is 6.18 Å². The molecule has 0 atom stereocenters. The van der Waals surface area contributed by atoms with Crippen molar-refractivity contribution in [3.63, 3.8) is 0 Å². The quantitative estimate of drug-likeness (QED) is 0.332. The summed E-state index contributed by atoms with van der Waals surface area (Å²) in [6.45, 7) is 1.52. The number of amides is 1. The molecule has 1 N–H and O–H groups in total. The van der Waals surface area contributed by atoms with Gasteiger partial charge in [-0.15, -0.1) is 0 Å². The van der Waals surface area contributed by atoms with E-state index in [0.717, 1.165) is 42.9 Å². The highest BCUT2D eigenvalue weighted by Gasteiger charge is 2.35. The Morgan fingerprint density at radius 3 is 2.59 bits per heavy atom. The van der Waals surface area contributed by atoms with Gasteiger partial charge in [-0.1, -0.05) is 6.07 Å². The van der Waals surface area contributed by atoms with Crippen LogP contribution in [-0.4, -0.2) is 43.2 Å². The van der Waals surface area contributed by atoms with Gasteiger partial charge in [-0.05, 0) is 80.8 Å². The van der Waals surface area contributed by atoms with Gasteiger partial charge in [-0.2, -0.15) is 23.4 Å². The molecule has 178 valence electrons. The Balaban J connectivity index is 1.72. The third-order valence-electron chi connectivity index (χ3n) is 4.57. The molecule has 0 spiro atoms. The second kappa shape index (κ2) is 10.7. The van der Waals surface area contributed by atoms with Gasteiger partial charge in [0.2, 0.25) is 0 Å². The first-order chi connectivity index (χ1) is 16.1. The number of ether oxygens (including phenoxy) is 1. The number of carbonyl (C=O) groups excluding carboxylic acids is 1. The Morgan fingerprint density at radius 1 is 1.21 bits per heavy atom. The van der Waals surface area contributed by atoms with Gasteiger partial charge in [0, 0.05) is 6.54 Å². The molecule has 1 aliphatic rings. The van der Waals surface area contributed by atoms with Crippen molar-refractivity contribution < 1.29 is 27.1 Å². The molecule has 0 bridgehead atoms. The Bertz CT molecular complexity index is 1190. The lowest BCUT2D eigenvalue weighted by atomic mass is 10.1. The average Bonchev–Trinajstić information content (AvgIpc) is 3.11. The second-order valence-corrected chi connectivity index (χ2v) is 8.56. The van der Waals surface area contributed by atoms with Crippen LogP contribution >= 0.6 is 11.8 Å². The number of hydrogen-bond donors (Lipinski definition) is 1. The number of nitriles is 1. The zero-order valence-corrected chi connectivity index (χ0v) is 19.1. The molecule has 0 saturated heterocycles. The lowest BCUT2D eigenvalue weighted by molar-refractivity contribution is -0.138. The molecule has 34 heavy (non-hydrogen) atoms. The molecule has 2 aromatic carbocycles. The summed E-state index contributed by atoms with van der Waals surface area (Å²) >= 11 is 1.13. The molecule has 1 amide bonds. The van der Waals surface area contributed by atoms with Crippen molar-refractivity contribution in [2.75, 3.05) is 27.2 Å². The van der Waals surface area contributed by atoms with Crippen molar-refractivity contribution >= 4 is 28.9 Å². The van der Waals surface area contributed by atoms with E-state index in [9.17, 15) is 22.4 Å². The first-order valence-corrected chi connectivity index (χ1v) is 10.9. The van der Waals surface area contributed by atoms with Crippen LogP contribution in [0, 0.1) is 17.1 Å². The number of nitrogens with one attached hydrogen (secondary N) is 1. The molecule has 1 heterocycles. The predicted octanol–water partition coefficient (Wildman–Crippen LogP) is 5.02. The minimum Gasteiger partial charge on any atom is -0.454 e.